The predicted molar refractivity (Wildman–Crippen MR) is 102 cm³/mol. The maximum atomic E-state index is 11.9. The fourth-order valence-electron chi connectivity index (χ4n) is 2.29. The minimum atomic E-state index is -1.33. The van der Waals surface area contributed by atoms with Crippen LogP contribution in [0.4, 0.5) is 0 Å². The molecule has 4 amide bonds. The molecule has 1 aromatic carbocycles. The molecule has 11 nitrogen and oxygen atoms in total. The van der Waals surface area contributed by atoms with E-state index in [-0.39, 0.29) is 12.8 Å². The third-order valence-electron chi connectivity index (χ3n) is 3.82. The molecule has 0 saturated heterocycles. The zero-order chi connectivity index (χ0) is 21.8. The van der Waals surface area contributed by atoms with Crippen LogP contribution in [0, 0.1) is 0 Å². The van der Waals surface area contributed by atoms with Gasteiger partial charge in [0.2, 0.25) is 23.6 Å². The van der Waals surface area contributed by atoms with Crippen molar-refractivity contribution in [1.29, 1.82) is 0 Å². The number of hydrogen-bond acceptors (Lipinski definition) is 6. The molecular formula is C18H25N5O6. The van der Waals surface area contributed by atoms with E-state index in [4.69, 9.17) is 16.6 Å². The molecule has 0 aliphatic carbocycles. The summed E-state index contributed by atoms with van der Waals surface area (Å²) in [7, 11) is 0. The molecule has 0 aliphatic heterocycles. The number of carbonyl (C=O) groups excluding carboxylic acids is 4. The third kappa shape index (κ3) is 9.86. The van der Waals surface area contributed by atoms with Crippen LogP contribution >= 0.6 is 0 Å². The molecular weight excluding hydrogens is 382 g/mol. The van der Waals surface area contributed by atoms with E-state index in [1.807, 2.05) is 30.3 Å². The lowest BCUT2D eigenvalue weighted by molar-refractivity contribution is -0.142. The van der Waals surface area contributed by atoms with Gasteiger partial charge >= 0.3 is 5.97 Å². The summed E-state index contributed by atoms with van der Waals surface area (Å²) in [5.41, 5.74) is 11.6. The highest BCUT2D eigenvalue weighted by Gasteiger charge is 2.21. The molecule has 2 unspecified atom stereocenters. The molecule has 0 spiro atoms. The molecule has 0 bridgehead atoms. The van der Waals surface area contributed by atoms with Crippen LogP contribution in [0.1, 0.15) is 18.4 Å². The average molecular weight is 407 g/mol. The topological polar surface area (TPSA) is 194 Å². The largest absolute Gasteiger partial charge is 0.480 e. The second-order valence-electron chi connectivity index (χ2n) is 6.25. The molecule has 0 saturated carbocycles. The van der Waals surface area contributed by atoms with Gasteiger partial charge in [0.1, 0.15) is 6.04 Å². The number of hydrogen-bond donors (Lipinski definition) is 6. The lowest BCUT2D eigenvalue weighted by Gasteiger charge is -2.14. The Bertz CT molecular complexity index is 740. The highest BCUT2D eigenvalue weighted by molar-refractivity contribution is 5.90. The zero-order valence-corrected chi connectivity index (χ0v) is 15.7. The first kappa shape index (κ1) is 23.6. The van der Waals surface area contributed by atoms with Gasteiger partial charge < -0.3 is 32.5 Å². The minimum absolute atomic E-state index is 0.167. The Balaban J connectivity index is 2.32. The van der Waals surface area contributed by atoms with Gasteiger partial charge in [-0.3, -0.25) is 19.2 Å². The number of amides is 4. The Morgan fingerprint density at radius 2 is 1.59 bits per heavy atom. The first-order valence-corrected chi connectivity index (χ1v) is 8.83. The third-order valence-corrected chi connectivity index (χ3v) is 3.82. The number of carboxylic acid groups (broad SMARTS) is 1. The standard InChI is InChI=1S/C18H25N5O6/c19-12(8-11-4-2-1-3-5-11)17(27)22-9-15(25)21-10-16(26)23-13(18(28)29)6-7-14(20)24/h1-5,12-13H,6-10,19H2,(H2,20,24)(H,21,25)(H,22,27)(H,23,26)(H,28,29). The molecule has 2 atom stereocenters. The van der Waals surface area contributed by atoms with Crippen LogP contribution in [0.3, 0.4) is 0 Å². The van der Waals surface area contributed by atoms with E-state index in [1.54, 1.807) is 0 Å². The molecule has 0 aromatic heterocycles. The normalized spacial score (nSPS) is 12.3. The van der Waals surface area contributed by atoms with Crippen molar-refractivity contribution in [2.24, 2.45) is 11.5 Å². The molecule has 1 aromatic rings. The minimum Gasteiger partial charge on any atom is -0.480 e. The number of carboxylic acids is 1. The average Bonchev–Trinajstić information content (AvgIpc) is 2.67. The van der Waals surface area contributed by atoms with Crippen molar-refractivity contribution >= 4 is 29.6 Å². The summed E-state index contributed by atoms with van der Waals surface area (Å²) in [5.74, 6) is -3.96. The second-order valence-corrected chi connectivity index (χ2v) is 6.25. The maximum absolute atomic E-state index is 11.9. The number of nitrogens with one attached hydrogen (secondary N) is 3. The highest BCUT2D eigenvalue weighted by atomic mass is 16.4. The van der Waals surface area contributed by atoms with Crippen molar-refractivity contribution in [3.05, 3.63) is 35.9 Å². The van der Waals surface area contributed by atoms with Gasteiger partial charge in [-0.2, -0.15) is 0 Å². The van der Waals surface area contributed by atoms with Gasteiger partial charge in [-0.25, -0.2) is 4.79 Å². The summed E-state index contributed by atoms with van der Waals surface area (Å²) >= 11 is 0. The van der Waals surface area contributed by atoms with Crippen molar-refractivity contribution in [2.75, 3.05) is 13.1 Å². The van der Waals surface area contributed by atoms with Crippen molar-refractivity contribution in [2.45, 2.75) is 31.3 Å². The molecule has 0 fully saturated rings. The van der Waals surface area contributed by atoms with Crippen LogP contribution < -0.4 is 27.4 Å². The van der Waals surface area contributed by atoms with Crippen molar-refractivity contribution < 1.29 is 29.1 Å². The molecule has 0 aliphatic rings. The quantitative estimate of drug-likeness (QED) is 0.223. The van der Waals surface area contributed by atoms with E-state index >= 15 is 0 Å². The molecule has 29 heavy (non-hydrogen) atoms. The molecule has 0 radical (unpaired) electrons. The zero-order valence-electron chi connectivity index (χ0n) is 15.7. The van der Waals surface area contributed by atoms with E-state index in [1.165, 1.54) is 0 Å². The summed E-state index contributed by atoms with van der Waals surface area (Å²) in [6.45, 7) is -0.885. The highest BCUT2D eigenvalue weighted by Crippen LogP contribution is 2.01. The van der Waals surface area contributed by atoms with Crippen molar-refractivity contribution in [3.63, 3.8) is 0 Å². The van der Waals surface area contributed by atoms with E-state index in [9.17, 15) is 24.0 Å². The van der Waals surface area contributed by atoms with Crippen LogP contribution in [0.25, 0.3) is 0 Å². The second kappa shape index (κ2) is 12.1. The summed E-state index contributed by atoms with van der Waals surface area (Å²) in [6, 6.07) is 6.99. The van der Waals surface area contributed by atoms with Gasteiger partial charge in [0.15, 0.2) is 0 Å². The number of nitrogens with two attached hydrogens (primary N) is 2. The van der Waals surface area contributed by atoms with Gasteiger partial charge in [-0.15, -0.1) is 0 Å². The van der Waals surface area contributed by atoms with E-state index in [2.05, 4.69) is 16.0 Å². The fraction of sp³-hybridized carbons (Fsp3) is 0.389. The van der Waals surface area contributed by atoms with Crippen molar-refractivity contribution in [1.82, 2.24) is 16.0 Å². The molecule has 1 rings (SSSR count). The summed E-state index contributed by atoms with van der Waals surface area (Å²) < 4.78 is 0. The fourth-order valence-corrected chi connectivity index (χ4v) is 2.29. The SMILES string of the molecule is NC(=O)CCC(NC(=O)CNC(=O)CNC(=O)C(N)Cc1ccccc1)C(=O)O. The van der Waals surface area contributed by atoms with Crippen LogP contribution in [0.2, 0.25) is 0 Å². The van der Waals surface area contributed by atoms with E-state index in [0.717, 1.165) is 5.56 Å². The van der Waals surface area contributed by atoms with Gasteiger partial charge in [-0.1, -0.05) is 30.3 Å². The van der Waals surface area contributed by atoms with Crippen LogP contribution in [0.5, 0.6) is 0 Å². The lowest BCUT2D eigenvalue weighted by Crippen LogP contribution is -2.49. The van der Waals surface area contributed by atoms with E-state index < -0.39 is 54.8 Å². The Kier molecular flexibility index (Phi) is 9.82. The molecule has 0 heterocycles. The molecule has 11 heteroatoms. The summed E-state index contributed by atoms with van der Waals surface area (Å²) in [4.78, 5) is 57.2. The summed E-state index contributed by atoms with van der Waals surface area (Å²) in [5, 5.41) is 15.8. The molecule has 8 N–H and O–H groups in total. The smallest absolute Gasteiger partial charge is 0.326 e. The predicted octanol–water partition coefficient (Wildman–Crippen LogP) is -2.38. The Morgan fingerprint density at radius 1 is 0.966 bits per heavy atom. The number of benzene rings is 1. The Hall–Kier alpha value is -3.47. The van der Waals surface area contributed by atoms with E-state index in [0.29, 0.717) is 6.42 Å². The first-order chi connectivity index (χ1) is 13.7. The van der Waals surface area contributed by atoms with Crippen LogP contribution in [0.15, 0.2) is 30.3 Å². The van der Waals surface area contributed by atoms with Crippen LogP contribution in [-0.2, 0) is 30.4 Å². The van der Waals surface area contributed by atoms with Gasteiger partial charge in [0, 0.05) is 6.42 Å². The number of aliphatic carboxylic acids is 1. The van der Waals surface area contributed by atoms with Gasteiger partial charge in [-0.05, 0) is 18.4 Å². The Morgan fingerprint density at radius 3 is 2.17 bits per heavy atom. The molecule has 158 valence electrons. The number of rotatable bonds is 12. The van der Waals surface area contributed by atoms with Crippen molar-refractivity contribution in [3.8, 4) is 0 Å². The van der Waals surface area contributed by atoms with Crippen LogP contribution in [-0.4, -0.2) is 59.9 Å². The van der Waals surface area contributed by atoms with Gasteiger partial charge in [0.25, 0.3) is 0 Å². The lowest BCUT2D eigenvalue weighted by atomic mass is 10.1. The first-order valence-electron chi connectivity index (χ1n) is 8.83. The van der Waals surface area contributed by atoms with Gasteiger partial charge in [0.05, 0.1) is 19.1 Å². The summed E-state index contributed by atoms with van der Waals surface area (Å²) in [6.07, 6.45) is -0.0723. The monoisotopic (exact) mass is 407 g/mol. The number of carbonyl (C=O) groups is 5. The number of primary amides is 1. The maximum Gasteiger partial charge on any atom is 0.326 e. The Labute approximate surface area is 167 Å².